The van der Waals surface area contributed by atoms with Gasteiger partial charge in [-0.25, -0.2) is 0 Å². The molecular weight excluding hydrogens is 471 g/mol. The maximum absolute atomic E-state index is 12.4. The Hall–Kier alpha value is -3.10. The SMILES string of the molecule is COc1cc(P(C)(C)=O)ccc1NC(C)/N=C\n1c(C)nnc1SCC(=O)Nc1ccccc1. The van der Waals surface area contributed by atoms with Crippen molar-refractivity contribution in [3.63, 3.8) is 0 Å². The number of anilines is 2. The number of aliphatic imine (C=N–C) groups is 1. The fourth-order valence-corrected chi connectivity index (χ4v) is 4.60. The molecule has 3 aromatic rings. The van der Waals surface area contributed by atoms with Gasteiger partial charge in [0, 0.05) is 11.0 Å². The summed E-state index contributed by atoms with van der Waals surface area (Å²) in [5, 5.41) is 15.7. The molecule has 2 aromatic carbocycles. The van der Waals surface area contributed by atoms with Crippen LogP contribution in [-0.4, -0.2) is 59.4 Å². The molecule has 0 aliphatic rings. The van der Waals surface area contributed by atoms with Gasteiger partial charge < -0.3 is 19.9 Å². The Morgan fingerprint density at radius 2 is 1.97 bits per heavy atom. The lowest BCUT2D eigenvalue weighted by molar-refractivity contribution is -0.113. The molecule has 0 aliphatic heterocycles. The first-order valence-corrected chi connectivity index (χ1v) is 14.2. The van der Waals surface area contributed by atoms with E-state index in [1.54, 1.807) is 37.4 Å². The summed E-state index contributed by atoms with van der Waals surface area (Å²) in [6.45, 7) is 7.17. The molecule has 34 heavy (non-hydrogen) atoms. The lowest BCUT2D eigenvalue weighted by Gasteiger charge is -2.16. The van der Waals surface area contributed by atoms with Gasteiger partial charge in [-0.2, -0.15) is 0 Å². The number of hydrogen-bond donors (Lipinski definition) is 2. The summed E-state index contributed by atoms with van der Waals surface area (Å²) in [5.41, 5.74) is 1.49. The van der Waals surface area contributed by atoms with E-state index in [-0.39, 0.29) is 17.8 Å². The lowest BCUT2D eigenvalue weighted by Crippen LogP contribution is -2.16. The Kier molecular flexibility index (Phi) is 8.52. The number of carbonyl (C=O) groups excluding carboxylic acids is 1. The predicted octanol–water partition coefficient (Wildman–Crippen LogP) is 3.91. The zero-order valence-electron chi connectivity index (χ0n) is 19.8. The van der Waals surface area contributed by atoms with E-state index >= 15 is 0 Å². The summed E-state index contributed by atoms with van der Waals surface area (Å²) < 4.78 is 19.6. The number of aryl methyl sites for hydroxylation is 1. The number of aromatic nitrogens is 3. The predicted molar refractivity (Wildman–Crippen MR) is 140 cm³/mol. The van der Waals surface area contributed by atoms with Crippen LogP contribution in [0.15, 0.2) is 58.7 Å². The zero-order chi connectivity index (χ0) is 24.7. The van der Waals surface area contributed by atoms with E-state index in [1.165, 1.54) is 11.8 Å². The van der Waals surface area contributed by atoms with E-state index in [2.05, 4.69) is 25.8 Å². The molecule has 180 valence electrons. The largest absolute Gasteiger partial charge is 0.495 e. The van der Waals surface area contributed by atoms with Crippen LogP contribution < -0.4 is 20.7 Å². The van der Waals surface area contributed by atoms with Gasteiger partial charge in [0.2, 0.25) is 5.91 Å². The molecule has 9 nitrogen and oxygen atoms in total. The molecule has 3 rings (SSSR count). The van der Waals surface area contributed by atoms with Gasteiger partial charge in [-0.3, -0.25) is 14.4 Å². The van der Waals surface area contributed by atoms with Crippen LogP contribution in [0.2, 0.25) is 0 Å². The van der Waals surface area contributed by atoms with E-state index < -0.39 is 7.14 Å². The Labute approximate surface area is 203 Å². The average Bonchev–Trinajstić information content (AvgIpc) is 3.15. The number of nitrogens with one attached hydrogen (secondary N) is 2. The number of hydrogen-bond acceptors (Lipinski definition) is 8. The van der Waals surface area contributed by atoms with Crippen LogP contribution in [0, 0.1) is 6.92 Å². The Morgan fingerprint density at radius 3 is 2.65 bits per heavy atom. The minimum Gasteiger partial charge on any atom is -0.495 e. The number of benzene rings is 2. The first kappa shape index (κ1) is 25.5. The third-order valence-electron chi connectivity index (χ3n) is 4.80. The molecule has 2 N–H and O–H groups in total. The topological polar surface area (TPSA) is 110 Å². The minimum absolute atomic E-state index is 0.130. The highest BCUT2D eigenvalue weighted by Gasteiger charge is 2.15. The van der Waals surface area contributed by atoms with Gasteiger partial charge in [-0.05, 0) is 57.5 Å². The van der Waals surface area contributed by atoms with E-state index in [1.807, 2.05) is 56.3 Å². The van der Waals surface area contributed by atoms with Crippen molar-refractivity contribution in [2.75, 3.05) is 36.8 Å². The second-order valence-corrected chi connectivity index (χ2v) is 12.1. The van der Waals surface area contributed by atoms with Crippen molar-refractivity contribution in [3.8, 4) is 5.75 Å². The number of thioether (sulfide) groups is 1. The van der Waals surface area contributed by atoms with Crippen molar-refractivity contribution in [2.45, 2.75) is 25.2 Å². The normalized spacial score (nSPS) is 12.5. The summed E-state index contributed by atoms with van der Waals surface area (Å²) in [4.78, 5) is 16.8. The minimum atomic E-state index is -2.39. The molecule has 1 unspecified atom stereocenters. The fourth-order valence-electron chi connectivity index (χ4n) is 2.99. The number of carbonyl (C=O) groups is 1. The Bertz CT molecular complexity index is 1210. The highest BCUT2D eigenvalue weighted by Crippen LogP contribution is 2.37. The molecule has 1 atom stereocenters. The van der Waals surface area contributed by atoms with Crippen molar-refractivity contribution in [1.82, 2.24) is 14.8 Å². The van der Waals surface area contributed by atoms with Crippen LogP contribution in [0.4, 0.5) is 11.4 Å². The number of rotatable bonds is 10. The van der Waals surface area contributed by atoms with E-state index in [0.717, 1.165) is 16.7 Å². The average molecular weight is 501 g/mol. The third kappa shape index (κ3) is 6.95. The highest BCUT2D eigenvalue weighted by molar-refractivity contribution is 7.99. The first-order chi connectivity index (χ1) is 16.2. The molecule has 0 saturated carbocycles. The fraction of sp³-hybridized carbons (Fsp3) is 0.304. The number of ether oxygens (including phenoxy) is 1. The molecule has 0 spiro atoms. The molecule has 1 amide bonds. The second-order valence-electron chi connectivity index (χ2n) is 7.92. The number of methoxy groups -OCH3 is 1. The molecule has 0 aliphatic carbocycles. The molecule has 0 saturated heterocycles. The Morgan fingerprint density at radius 1 is 1.24 bits per heavy atom. The van der Waals surface area contributed by atoms with Crippen molar-refractivity contribution in [1.29, 1.82) is 0 Å². The molecular formula is C23H29N6O3PS. The third-order valence-corrected chi connectivity index (χ3v) is 7.27. The maximum Gasteiger partial charge on any atom is 0.234 e. The molecule has 1 aromatic heterocycles. The van der Waals surface area contributed by atoms with Gasteiger partial charge in [0.25, 0.3) is 0 Å². The smallest absolute Gasteiger partial charge is 0.234 e. The molecule has 0 fully saturated rings. The van der Waals surface area contributed by atoms with Crippen LogP contribution in [0.1, 0.15) is 12.7 Å². The maximum atomic E-state index is 12.4. The van der Waals surface area contributed by atoms with Crippen LogP contribution in [0.25, 0.3) is 0 Å². The highest BCUT2D eigenvalue weighted by atomic mass is 32.2. The first-order valence-electron chi connectivity index (χ1n) is 10.6. The van der Waals surface area contributed by atoms with Crippen molar-refractivity contribution < 1.29 is 14.1 Å². The number of nitrogens with zero attached hydrogens (tertiary/aromatic N) is 4. The molecule has 0 radical (unpaired) electrons. The van der Waals surface area contributed by atoms with E-state index in [0.29, 0.717) is 16.7 Å². The summed E-state index contributed by atoms with van der Waals surface area (Å²) in [6.07, 6.45) is 1.34. The number of para-hydroxylation sites is 1. The van der Waals surface area contributed by atoms with Crippen molar-refractivity contribution in [2.24, 2.45) is 4.99 Å². The summed E-state index contributed by atoms with van der Waals surface area (Å²) in [7, 11) is -0.813. The number of amides is 1. The van der Waals surface area contributed by atoms with Crippen LogP contribution >= 0.6 is 18.9 Å². The molecule has 0 bridgehead atoms. The second kappa shape index (κ2) is 11.4. The zero-order valence-corrected chi connectivity index (χ0v) is 21.6. The summed E-state index contributed by atoms with van der Waals surface area (Å²) in [6, 6.07) is 14.8. The monoisotopic (exact) mass is 500 g/mol. The van der Waals surface area contributed by atoms with Crippen LogP contribution in [0.5, 0.6) is 5.75 Å². The van der Waals surface area contributed by atoms with Gasteiger partial charge in [-0.15, -0.1) is 10.2 Å². The summed E-state index contributed by atoms with van der Waals surface area (Å²) >= 11 is 1.28. The molecule has 1 heterocycles. The van der Waals surface area contributed by atoms with E-state index in [4.69, 9.17) is 4.74 Å². The standard InChI is InChI=1S/C23H29N6O3PS/c1-16(25-20-12-11-19(33(4,5)31)13-21(20)32-3)24-15-29-17(2)27-28-23(29)34-14-22(30)26-18-9-7-6-8-10-18/h6-13,15-16,25H,14H2,1-5H3,(H,26,30)/b24-15-. The van der Waals surface area contributed by atoms with Gasteiger partial charge >= 0.3 is 0 Å². The van der Waals surface area contributed by atoms with Crippen molar-refractivity contribution >= 4 is 47.8 Å². The quantitative estimate of drug-likeness (QED) is 0.188. The van der Waals surface area contributed by atoms with Gasteiger partial charge in [0.05, 0.1) is 24.9 Å². The lowest BCUT2D eigenvalue weighted by atomic mass is 10.3. The van der Waals surface area contributed by atoms with Crippen LogP contribution in [-0.2, 0) is 9.36 Å². The Balaban J connectivity index is 1.64. The van der Waals surface area contributed by atoms with Gasteiger partial charge in [-0.1, -0.05) is 30.0 Å². The van der Waals surface area contributed by atoms with Gasteiger partial charge in [0.15, 0.2) is 5.16 Å². The van der Waals surface area contributed by atoms with Crippen LogP contribution in [0.3, 0.4) is 0 Å². The van der Waals surface area contributed by atoms with Crippen molar-refractivity contribution in [3.05, 3.63) is 54.4 Å². The molecule has 11 heteroatoms. The van der Waals surface area contributed by atoms with Gasteiger partial charge in [0.1, 0.15) is 24.9 Å². The van der Waals surface area contributed by atoms with E-state index in [9.17, 15) is 9.36 Å². The summed E-state index contributed by atoms with van der Waals surface area (Å²) in [5.74, 6) is 1.32.